The molecule has 1 aliphatic rings. The molecular weight excluding hydrogens is 292 g/mol. The van der Waals surface area contributed by atoms with E-state index in [4.69, 9.17) is 5.73 Å². The van der Waals surface area contributed by atoms with E-state index in [0.717, 1.165) is 41.9 Å². The lowest BCUT2D eigenvalue weighted by Gasteiger charge is -2.20. The Morgan fingerprint density at radius 2 is 2.17 bits per heavy atom. The van der Waals surface area contributed by atoms with E-state index < -0.39 is 0 Å². The maximum Gasteiger partial charge on any atom is 0.149 e. The molecule has 0 radical (unpaired) electrons. The van der Waals surface area contributed by atoms with Crippen molar-refractivity contribution < 1.29 is 0 Å². The first kappa shape index (κ1) is 11.9. The van der Waals surface area contributed by atoms with E-state index in [1.165, 1.54) is 5.56 Å². The number of hydrogen-bond acceptors (Lipinski definition) is 3. The van der Waals surface area contributed by atoms with Crippen LogP contribution in [-0.4, -0.2) is 14.8 Å². The van der Waals surface area contributed by atoms with Crippen molar-refractivity contribution in [3.8, 4) is 0 Å². The topological polar surface area (TPSA) is 56.7 Å². The molecule has 0 fully saturated rings. The van der Waals surface area contributed by atoms with Crippen molar-refractivity contribution in [2.24, 2.45) is 5.73 Å². The number of fused-ring (bicyclic) bond motifs is 1. The van der Waals surface area contributed by atoms with Gasteiger partial charge in [0.1, 0.15) is 11.6 Å². The summed E-state index contributed by atoms with van der Waals surface area (Å²) in [6, 6.07) is 8.25. The molecule has 0 saturated carbocycles. The average molecular weight is 307 g/mol. The fraction of sp³-hybridized carbons (Fsp3) is 0.385. The molecule has 2 aromatic rings. The molecule has 1 aromatic heterocycles. The normalized spacial score (nSPS) is 18.7. The van der Waals surface area contributed by atoms with Gasteiger partial charge in [0.15, 0.2) is 0 Å². The summed E-state index contributed by atoms with van der Waals surface area (Å²) in [6.45, 7) is 0.982. The van der Waals surface area contributed by atoms with Gasteiger partial charge in [0, 0.05) is 17.4 Å². The minimum atomic E-state index is 0.0409. The molecular formula is C13H15BrN4. The second-order valence-electron chi connectivity index (χ2n) is 4.64. The van der Waals surface area contributed by atoms with Crippen molar-refractivity contribution in [2.75, 3.05) is 0 Å². The quantitative estimate of drug-likeness (QED) is 0.927. The van der Waals surface area contributed by atoms with Crippen molar-refractivity contribution in [3.63, 3.8) is 0 Å². The molecule has 3 rings (SSSR count). The number of aromatic nitrogens is 3. The van der Waals surface area contributed by atoms with E-state index in [0.29, 0.717) is 0 Å². The molecule has 4 nitrogen and oxygen atoms in total. The lowest BCUT2D eigenvalue weighted by atomic mass is 10.1. The van der Waals surface area contributed by atoms with Gasteiger partial charge < -0.3 is 10.3 Å². The first-order valence-corrected chi connectivity index (χ1v) is 6.96. The predicted molar refractivity (Wildman–Crippen MR) is 73.1 cm³/mol. The molecule has 0 bridgehead atoms. The maximum atomic E-state index is 6.05. The molecule has 94 valence electrons. The van der Waals surface area contributed by atoms with E-state index in [9.17, 15) is 0 Å². The third kappa shape index (κ3) is 2.08. The molecule has 0 aliphatic carbocycles. The van der Waals surface area contributed by atoms with Gasteiger partial charge in [0.2, 0.25) is 0 Å². The van der Waals surface area contributed by atoms with Crippen LogP contribution in [0.25, 0.3) is 0 Å². The second kappa shape index (κ2) is 4.82. The average Bonchev–Trinajstić information content (AvgIpc) is 2.77. The minimum Gasteiger partial charge on any atom is -0.321 e. The van der Waals surface area contributed by atoms with Crippen LogP contribution >= 0.6 is 15.9 Å². The van der Waals surface area contributed by atoms with Crippen LogP contribution in [0.2, 0.25) is 0 Å². The Hall–Kier alpha value is -1.20. The van der Waals surface area contributed by atoms with Gasteiger partial charge in [0.25, 0.3) is 0 Å². The Labute approximate surface area is 114 Å². The van der Waals surface area contributed by atoms with Gasteiger partial charge in [-0.1, -0.05) is 34.1 Å². The first-order valence-electron chi connectivity index (χ1n) is 6.16. The molecule has 1 atom stereocenters. The molecule has 0 amide bonds. The Balaban J connectivity index is 1.92. The standard InChI is InChI=1S/C13H15BrN4/c14-10-5-2-1-4-9(10)8-12-16-17-13-11(15)6-3-7-18(12)13/h1-2,4-5,11H,3,6-8,15H2. The van der Waals surface area contributed by atoms with Crippen molar-refractivity contribution in [1.29, 1.82) is 0 Å². The first-order chi connectivity index (χ1) is 8.75. The molecule has 0 spiro atoms. The molecule has 1 aliphatic heterocycles. The summed E-state index contributed by atoms with van der Waals surface area (Å²) < 4.78 is 3.29. The number of hydrogen-bond donors (Lipinski definition) is 1. The van der Waals surface area contributed by atoms with Crippen molar-refractivity contribution in [1.82, 2.24) is 14.8 Å². The van der Waals surface area contributed by atoms with E-state index in [1.807, 2.05) is 12.1 Å². The van der Waals surface area contributed by atoms with Gasteiger partial charge in [-0.05, 0) is 24.5 Å². The Kier molecular flexibility index (Phi) is 3.18. The fourth-order valence-corrected chi connectivity index (χ4v) is 2.83. The van der Waals surface area contributed by atoms with Crippen molar-refractivity contribution >= 4 is 15.9 Å². The van der Waals surface area contributed by atoms with Crippen LogP contribution in [-0.2, 0) is 13.0 Å². The van der Waals surface area contributed by atoms with Crippen LogP contribution in [0.4, 0.5) is 0 Å². The lowest BCUT2D eigenvalue weighted by molar-refractivity contribution is 0.444. The third-order valence-corrected chi connectivity index (χ3v) is 4.16. The van der Waals surface area contributed by atoms with Crippen LogP contribution < -0.4 is 5.73 Å². The highest BCUT2D eigenvalue weighted by Crippen LogP contribution is 2.24. The molecule has 2 N–H and O–H groups in total. The minimum absolute atomic E-state index is 0.0409. The summed E-state index contributed by atoms with van der Waals surface area (Å²) in [5.74, 6) is 1.94. The largest absolute Gasteiger partial charge is 0.321 e. The molecule has 18 heavy (non-hydrogen) atoms. The molecule has 1 unspecified atom stereocenters. The molecule has 5 heteroatoms. The number of nitrogens with two attached hydrogens (primary N) is 1. The zero-order valence-electron chi connectivity index (χ0n) is 10.0. The van der Waals surface area contributed by atoms with Crippen LogP contribution in [0.5, 0.6) is 0 Å². The number of rotatable bonds is 2. The highest BCUT2D eigenvalue weighted by atomic mass is 79.9. The summed E-state index contributed by atoms with van der Waals surface area (Å²) >= 11 is 3.57. The van der Waals surface area contributed by atoms with Crippen LogP contribution in [0.3, 0.4) is 0 Å². The summed E-state index contributed by atoms with van der Waals surface area (Å²) in [6.07, 6.45) is 2.91. The monoisotopic (exact) mass is 306 g/mol. The SMILES string of the molecule is NC1CCCn2c(Cc3ccccc3Br)nnc21. The van der Waals surface area contributed by atoms with E-state index >= 15 is 0 Å². The fourth-order valence-electron chi connectivity index (χ4n) is 2.41. The van der Waals surface area contributed by atoms with Gasteiger partial charge in [-0.3, -0.25) is 0 Å². The molecule has 0 saturated heterocycles. The number of halogens is 1. The Bertz CT molecular complexity index is 564. The smallest absolute Gasteiger partial charge is 0.149 e. The zero-order chi connectivity index (χ0) is 12.5. The molecule has 2 heterocycles. The Morgan fingerprint density at radius 3 is 3.00 bits per heavy atom. The molecule has 1 aromatic carbocycles. The van der Waals surface area contributed by atoms with E-state index in [2.05, 4.69) is 42.8 Å². The highest BCUT2D eigenvalue weighted by Gasteiger charge is 2.22. The number of nitrogens with zero attached hydrogens (tertiary/aromatic N) is 3. The predicted octanol–water partition coefficient (Wildman–Crippen LogP) is 2.43. The zero-order valence-corrected chi connectivity index (χ0v) is 11.6. The van der Waals surface area contributed by atoms with Gasteiger partial charge in [0.05, 0.1) is 6.04 Å². The highest BCUT2D eigenvalue weighted by molar-refractivity contribution is 9.10. The van der Waals surface area contributed by atoms with Gasteiger partial charge in [-0.2, -0.15) is 0 Å². The number of benzene rings is 1. The van der Waals surface area contributed by atoms with E-state index in [1.54, 1.807) is 0 Å². The van der Waals surface area contributed by atoms with E-state index in [-0.39, 0.29) is 6.04 Å². The summed E-state index contributed by atoms with van der Waals surface area (Å²) in [5.41, 5.74) is 7.28. The van der Waals surface area contributed by atoms with Crippen molar-refractivity contribution in [2.45, 2.75) is 31.8 Å². The lowest BCUT2D eigenvalue weighted by Crippen LogP contribution is -2.23. The van der Waals surface area contributed by atoms with Crippen molar-refractivity contribution in [3.05, 3.63) is 46.0 Å². The Morgan fingerprint density at radius 1 is 1.33 bits per heavy atom. The summed E-state index contributed by atoms with van der Waals surface area (Å²) in [7, 11) is 0. The van der Waals surface area contributed by atoms with Gasteiger partial charge >= 0.3 is 0 Å². The summed E-state index contributed by atoms with van der Waals surface area (Å²) in [5, 5.41) is 8.53. The van der Waals surface area contributed by atoms with Crippen LogP contribution in [0, 0.1) is 0 Å². The maximum absolute atomic E-state index is 6.05. The van der Waals surface area contributed by atoms with Gasteiger partial charge in [-0.15, -0.1) is 10.2 Å². The second-order valence-corrected chi connectivity index (χ2v) is 5.50. The van der Waals surface area contributed by atoms with Gasteiger partial charge in [-0.25, -0.2) is 0 Å². The third-order valence-electron chi connectivity index (χ3n) is 3.39. The van der Waals surface area contributed by atoms with Crippen LogP contribution in [0.1, 0.15) is 36.1 Å². The summed E-state index contributed by atoms with van der Waals surface area (Å²) in [4.78, 5) is 0. The van der Waals surface area contributed by atoms with Crippen LogP contribution in [0.15, 0.2) is 28.7 Å².